The van der Waals surface area contributed by atoms with Gasteiger partial charge in [0.25, 0.3) is 5.91 Å². The molecule has 0 saturated heterocycles. The van der Waals surface area contributed by atoms with Crippen molar-refractivity contribution in [1.82, 2.24) is 10.3 Å². The number of para-hydroxylation sites is 1. The minimum absolute atomic E-state index is 0.0257. The number of rotatable bonds is 6. The fraction of sp³-hybridized carbons (Fsp3) is 0.304. The monoisotopic (exact) mass is 389 g/mol. The van der Waals surface area contributed by atoms with Gasteiger partial charge in [0.05, 0.1) is 22.7 Å². The predicted molar refractivity (Wildman–Crippen MR) is 115 cm³/mol. The summed E-state index contributed by atoms with van der Waals surface area (Å²) in [6.45, 7) is 0.606. The molecule has 142 valence electrons. The minimum atomic E-state index is -0.0257. The van der Waals surface area contributed by atoms with Gasteiger partial charge < -0.3 is 10.3 Å². The summed E-state index contributed by atoms with van der Waals surface area (Å²) in [5, 5.41) is 13.4. The molecular weight excluding hydrogens is 366 g/mol. The Morgan fingerprint density at radius 3 is 2.89 bits per heavy atom. The Labute approximate surface area is 169 Å². The molecule has 1 aromatic heterocycles. The Balaban J connectivity index is 1.36. The summed E-state index contributed by atoms with van der Waals surface area (Å²) < 4.78 is 0. The normalized spacial score (nSPS) is 13.1. The third kappa shape index (κ3) is 3.79. The van der Waals surface area contributed by atoms with Gasteiger partial charge in [0, 0.05) is 29.1 Å². The molecule has 3 aromatic rings. The third-order valence-electron chi connectivity index (χ3n) is 5.31. The number of H-pyrrole nitrogens is 1. The van der Waals surface area contributed by atoms with E-state index >= 15 is 0 Å². The number of benzene rings is 2. The summed E-state index contributed by atoms with van der Waals surface area (Å²) in [5.41, 5.74) is 6.16. The molecule has 2 N–H and O–H groups in total. The van der Waals surface area contributed by atoms with Crippen LogP contribution in [0.15, 0.2) is 42.5 Å². The summed E-state index contributed by atoms with van der Waals surface area (Å²) in [4.78, 5) is 16.2. The van der Waals surface area contributed by atoms with Crippen molar-refractivity contribution in [1.29, 1.82) is 5.26 Å². The third-order valence-corrected chi connectivity index (χ3v) is 6.31. The summed E-state index contributed by atoms with van der Waals surface area (Å²) >= 11 is 1.73. The van der Waals surface area contributed by atoms with Crippen molar-refractivity contribution in [3.8, 4) is 6.07 Å². The number of amides is 1. The Morgan fingerprint density at radius 2 is 2.00 bits per heavy atom. The molecule has 0 aliphatic heterocycles. The molecule has 1 aliphatic carbocycles. The zero-order valence-electron chi connectivity index (χ0n) is 15.8. The molecule has 1 heterocycles. The number of carbonyl (C=O) groups is 1. The van der Waals surface area contributed by atoms with Gasteiger partial charge in [0.2, 0.25) is 0 Å². The number of nitrogens with one attached hydrogen (secondary N) is 2. The molecule has 0 atom stereocenters. The number of aromatic nitrogens is 1. The van der Waals surface area contributed by atoms with E-state index in [1.807, 2.05) is 36.4 Å². The second-order valence-corrected chi connectivity index (χ2v) is 8.20. The topological polar surface area (TPSA) is 68.7 Å². The number of nitriles is 1. The first-order valence-electron chi connectivity index (χ1n) is 9.74. The van der Waals surface area contributed by atoms with E-state index in [9.17, 15) is 4.79 Å². The highest BCUT2D eigenvalue weighted by Crippen LogP contribution is 2.30. The lowest BCUT2D eigenvalue weighted by Gasteiger charge is -2.10. The van der Waals surface area contributed by atoms with Crippen LogP contribution in [0.25, 0.3) is 10.9 Å². The van der Waals surface area contributed by atoms with Crippen molar-refractivity contribution in [3.05, 3.63) is 70.4 Å². The second-order valence-electron chi connectivity index (χ2n) is 7.09. The van der Waals surface area contributed by atoms with Crippen LogP contribution < -0.4 is 5.32 Å². The van der Waals surface area contributed by atoms with Crippen LogP contribution in [0.1, 0.15) is 45.6 Å². The summed E-state index contributed by atoms with van der Waals surface area (Å²) in [7, 11) is 0. The zero-order valence-corrected chi connectivity index (χ0v) is 16.6. The highest BCUT2D eigenvalue weighted by molar-refractivity contribution is 7.98. The summed E-state index contributed by atoms with van der Waals surface area (Å²) in [6.07, 6.45) is 4.61. The van der Waals surface area contributed by atoms with Gasteiger partial charge in [-0.15, -0.1) is 0 Å². The Kier molecular flexibility index (Phi) is 5.68. The van der Waals surface area contributed by atoms with Crippen molar-refractivity contribution >= 4 is 28.6 Å². The molecule has 0 saturated carbocycles. The van der Waals surface area contributed by atoms with Gasteiger partial charge in [-0.05, 0) is 48.9 Å². The fourth-order valence-electron chi connectivity index (χ4n) is 3.89. The van der Waals surface area contributed by atoms with E-state index in [-0.39, 0.29) is 5.91 Å². The molecular formula is C23H23N3OS. The molecule has 1 aliphatic rings. The van der Waals surface area contributed by atoms with Gasteiger partial charge in [0.1, 0.15) is 0 Å². The van der Waals surface area contributed by atoms with E-state index in [1.54, 1.807) is 11.8 Å². The van der Waals surface area contributed by atoms with Crippen LogP contribution in [0.2, 0.25) is 0 Å². The summed E-state index contributed by atoms with van der Waals surface area (Å²) in [5.74, 6) is 1.56. The molecule has 0 bridgehead atoms. The zero-order chi connectivity index (χ0) is 19.3. The second kappa shape index (κ2) is 8.53. The van der Waals surface area contributed by atoms with E-state index < -0.39 is 0 Å². The number of hydrogen-bond donors (Lipinski definition) is 2. The van der Waals surface area contributed by atoms with Crippen LogP contribution in [-0.4, -0.2) is 23.2 Å². The van der Waals surface area contributed by atoms with Gasteiger partial charge in [-0.3, -0.25) is 4.79 Å². The minimum Gasteiger partial charge on any atom is -0.358 e. The van der Waals surface area contributed by atoms with Crippen LogP contribution in [0.5, 0.6) is 0 Å². The van der Waals surface area contributed by atoms with Crippen LogP contribution in [0.4, 0.5) is 0 Å². The number of fused-ring (bicyclic) bond motifs is 3. The van der Waals surface area contributed by atoms with Crippen LogP contribution in [0.3, 0.4) is 0 Å². The van der Waals surface area contributed by atoms with Gasteiger partial charge in [-0.25, -0.2) is 0 Å². The average molecular weight is 390 g/mol. The van der Waals surface area contributed by atoms with Crippen LogP contribution in [0, 0.1) is 11.3 Å². The fourth-order valence-corrected chi connectivity index (χ4v) is 4.75. The standard InChI is InChI=1S/C23H23N3OS/c24-14-16-6-1-2-7-17(16)15-28-13-12-25-23(27)20-10-5-9-19-18-8-3-4-11-21(18)26-22(19)20/h1-2,5-7,9-10,26H,3-4,8,11-13,15H2,(H,25,27). The smallest absolute Gasteiger partial charge is 0.253 e. The van der Waals surface area contributed by atoms with Crippen LogP contribution >= 0.6 is 11.8 Å². The van der Waals surface area contributed by atoms with Gasteiger partial charge in [-0.2, -0.15) is 17.0 Å². The molecule has 0 radical (unpaired) electrons. The van der Waals surface area contributed by atoms with Crippen molar-refractivity contribution in [2.24, 2.45) is 0 Å². The quantitative estimate of drug-likeness (QED) is 0.606. The maximum absolute atomic E-state index is 12.7. The highest BCUT2D eigenvalue weighted by atomic mass is 32.2. The molecule has 2 aromatic carbocycles. The largest absolute Gasteiger partial charge is 0.358 e. The van der Waals surface area contributed by atoms with E-state index in [0.29, 0.717) is 6.54 Å². The van der Waals surface area contributed by atoms with E-state index in [4.69, 9.17) is 5.26 Å². The molecule has 0 fully saturated rings. The molecule has 4 nitrogen and oxygen atoms in total. The highest BCUT2D eigenvalue weighted by Gasteiger charge is 2.19. The van der Waals surface area contributed by atoms with E-state index in [0.717, 1.165) is 46.6 Å². The van der Waals surface area contributed by atoms with E-state index in [1.165, 1.54) is 29.5 Å². The summed E-state index contributed by atoms with van der Waals surface area (Å²) in [6, 6.07) is 15.9. The number of nitrogens with zero attached hydrogens (tertiary/aromatic N) is 1. The average Bonchev–Trinajstić information content (AvgIpc) is 3.12. The number of carbonyl (C=O) groups excluding carboxylic acids is 1. The SMILES string of the molecule is N#Cc1ccccc1CSCCNC(=O)c1cccc2c3c([nH]c12)CCCC3. The predicted octanol–water partition coefficient (Wildman–Crippen LogP) is 4.58. The van der Waals surface area contributed by atoms with Crippen molar-refractivity contribution in [3.63, 3.8) is 0 Å². The lowest BCUT2D eigenvalue weighted by molar-refractivity contribution is 0.0957. The lowest BCUT2D eigenvalue weighted by atomic mass is 9.95. The molecule has 0 unspecified atom stereocenters. The van der Waals surface area contributed by atoms with Gasteiger partial charge in [-0.1, -0.05) is 30.3 Å². The van der Waals surface area contributed by atoms with Crippen molar-refractivity contribution in [2.75, 3.05) is 12.3 Å². The van der Waals surface area contributed by atoms with Crippen LogP contribution in [-0.2, 0) is 18.6 Å². The van der Waals surface area contributed by atoms with Crippen molar-refractivity contribution in [2.45, 2.75) is 31.4 Å². The number of hydrogen-bond acceptors (Lipinski definition) is 3. The number of aromatic amines is 1. The Morgan fingerprint density at radius 1 is 1.14 bits per heavy atom. The molecule has 5 heteroatoms. The first kappa shape index (κ1) is 18.6. The Bertz CT molecular complexity index is 1050. The van der Waals surface area contributed by atoms with E-state index in [2.05, 4.69) is 22.4 Å². The maximum Gasteiger partial charge on any atom is 0.253 e. The number of thioether (sulfide) groups is 1. The van der Waals surface area contributed by atoms with Gasteiger partial charge >= 0.3 is 0 Å². The Hall–Kier alpha value is -2.71. The van der Waals surface area contributed by atoms with Gasteiger partial charge in [0.15, 0.2) is 0 Å². The van der Waals surface area contributed by atoms with Crippen molar-refractivity contribution < 1.29 is 4.79 Å². The maximum atomic E-state index is 12.7. The first-order chi connectivity index (χ1) is 13.8. The molecule has 4 rings (SSSR count). The lowest BCUT2D eigenvalue weighted by Crippen LogP contribution is -2.26. The molecule has 0 spiro atoms. The first-order valence-corrected chi connectivity index (χ1v) is 10.9. The molecule has 28 heavy (non-hydrogen) atoms. The molecule has 1 amide bonds. The number of aryl methyl sites for hydroxylation is 2.